The molecule has 180 valence electrons. The van der Waals surface area contributed by atoms with Gasteiger partial charge in [-0.25, -0.2) is 0 Å². The van der Waals surface area contributed by atoms with E-state index >= 15 is 0 Å². The molecule has 6 nitrogen and oxygen atoms in total. The van der Waals surface area contributed by atoms with Crippen LogP contribution in [0.15, 0.2) is 54.6 Å². The summed E-state index contributed by atoms with van der Waals surface area (Å²) in [6.45, 7) is 3.97. The molecule has 0 unspecified atom stereocenters. The molecule has 2 heterocycles. The highest BCUT2D eigenvalue weighted by Gasteiger charge is 2.64. The first-order chi connectivity index (χ1) is 16.4. The van der Waals surface area contributed by atoms with Gasteiger partial charge >= 0.3 is 0 Å². The summed E-state index contributed by atoms with van der Waals surface area (Å²) in [5.74, 6) is 1.52. The number of ether oxygens (including phenoxy) is 2. The van der Waals surface area contributed by atoms with Gasteiger partial charge in [-0.05, 0) is 61.9 Å². The second kappa shape index (κ2) is 8.97. The van der Waals surface area contributed by atoms with Gasteiger partial charge in [0.1, 0.15) is 11.5 Å². The lowest BCUT2D eigenvalue weighted by Gasteiger charge is -2.53. The minimum absolute atomic E-state index is 0.00345. The van der Waals surface area contributed by atoms with E-state index in [1.807, 2.05) is 42.5 Å². The summed E-state index contributed by atoms with van der Waals surface area (Å²) in [5, 5.41) is 0. The van der Waals surface area contributed by atoms with Crippen molar-refractivity contribution in [1.29, 1.82) is 0 Å². The van der Waals surface area contributed by atoms with Gasteiger partial charge in [0.25, 0.3) is 5.91 Å². The lowest BCUT2D eigenvalue weighted by atomic mass is 9.64. The third-order valence-corrected chi connectivity index (χ3v) is 8.32. The van der Waals surface area contributed by atoms with Gasteiger partial charge in [0.2, 0.25) is 5.91 Å². The molecule has 3 aliphatic rings. The van der Waals surface area contributed by atoms with Crippen LogP contribution in [0.3, 0.4) is 0 Å². The molecule has 0 spiro atoms. The molecule has 34 heavy (non-hydrogen) atoms. The molecule has 1 saturated carbocycles. The largest absolute Gasteiger partial charge is 0.497 e. The minimum Gasteiger partial charge on any atom is -0.497 e. The summed E-state index contributed by atoms with van der Waals surface area (Å²) in [7, 11) is 1.62. The monoisotopic (exact) mass is 462 g/mol. The molecule has 0 radical (unpaired) electrons. The van der Waals surface area contributed by atoms with Crippen LogP contribution in [0, 0.1) is 5.41 Å². The van der Waals surface area contributed by atoms with Crippen molar-refractivity contribution in [2.45, 2.75) is 70.1 Å². The van der Waals surface area contributed by atoms with Crippen molar-refractivity contribution < 1.29 is 19.1 Å². The average molecular weight is 463 g/mol. The number of rotatable bonds is 6. The summed E-state index contributed by atoms with van der Waals surface area (Å²) in [5.41, 5.74) is 1.12. The van der Waals surface area contributed by atoms with Gasteiger partial charge in [-0.3, -0.25) is 9.59 Å². The minimum atomic E-state index is -0.0719. The van der Waals surface area contributed by atoms with E-state index in [-0.39, 0.29) is 48.0 Å². The van der Waals surface area contributed by atoms with Crippen LogP contribution < -0.4 is 9.47 Å². The maximum absolute atomic E-state index is 13.8. The van der Waals surface area contributed by atoms with Crippen LogP contribution in [0.5, 0.6) is 11.5 Å². The Hall–Kier alpha value is -3.02. The van der Waals surface area contributed by atoms with Crippen LogP contribution >= 0.6 is 0 Å². The van der Waals surface area contributed by atoms with Gasteiger partial charge in [-0.15, -0.1) is 0 Å². The van der Waals surface area contributed by atoms with Crippen LogP contribution in [0.1, 0.15) is 45.1 Å². The Kier molecular flexibility index (Phi) is 6.00. The van der Waals surface area contributed by atoms with Crippen molar-refractivity contribution >= 4 is 11.8 Å². The summed E-state index contributed by atoms with van der Waals surface area (Å²) in [4.78, 5) is 30.9. The molecule has 3 fully saturated rings. The van der Waals surface area contributed by atoms with Crippen molar-refractivity contribution in [2.75, 3.05) is 13.7 Å². The molecular formula is C28H34N2O4. The number of fused-ring (bicyclic) bond motifs is 1. The van der Waals surface area contributed by atoms with Crippen molar-refractivity contribution in [3.63, 3.8) is 0 Å². The number of carbonyl (C=O) groups excluding carboxylic acids is 2. The van der Waals surface area contributed by atoms with Crippen molar-refractivity contribution in [2.24, 2.45) is 5.41 Å². The number of nitrogens with zero attached hydrogens (tertiary/aromatic N) is 2. The Bertz CT molecular complexity index is 1040. The predicted molar refractivity (Wildman–Crippen MR) is 130 cm³/mol. The fraction of sp³-hybridized carbons (Fsp3) is 0.500. The molecule has 2 saturated heterocycles. The van der Waals surface area contributed by atoms with E-state index in [2.05, 4.69) is 28.9 Å². The third-order valence-electron chi connectivity index (χ3n) is 8.32. The molecule has 2 aromatic carbocycles. The van der Waals surface area contributed by atoms with Crippen molar-refractivity contribution in [3.05, 3.63) is 60.2 Å². The molecule has 2 aliphatic heterocycles. The van der Waals surface area contributed by atoms with E-state index in [9.17, 15) is 9.59 Å². The van der Waals surface area contributed by atoms with Crippen LogP contribution in [0.2, 0.25) is 0 Å². The SMILES string of the molecule is COc1ccc(OCC(=O)N2[C@@H](Cc3ccccc3)[C@@H]3C[C@@]4(C)[C@H](CCC[C@@H]24)N3C(C)=O)cc1. The van der Waals surface area contributed by atoms with Gasteiger partial charge in [0.05, 0.1) is 19.2 Å². The molecule has 0 aromatic heterocycles. The number of amides is 2. The highest BCUT2D eigenvalue weighted by Crippen LogP contribution is 2.56. The fourth-order valence-electron chi connectivity index (χ4n) is 6.88. The van der Waals surface area contributed by atoms with Crippen LogP contribution in [-0.4, -0.2) is 59.5 Å². The lowest BCUT2D eigenvalue weighted by Crippen LogP contribution is -2.63. The van der Waals surface area contributed by atoms with Crippen molar-refractivity contribution in [1.82, 2.24) is 9.80 Å². The molecule has 1 aliphatic carbocycles. The average Bonchev–Trinajstić information content (AvgIpc) is 3.16. The van der Waals surface area contributed by atoms with E-state index in [1.54, 1.807) is 14.0 Å². The first-order valence-electron chi connectivity index (χ1n) is 12.3. The Morgan fingerprint density at radius 3 is 2.26 bits per heavy atom. The zero-order chi connectivity index (χ0) is 23.9. The molecule has 6 heteroatoms. The molecule has 2 bridgehead atoms. The quantitative estimate of drug-likeness (QED) is 0.649. The second-order valence-electron chi connectivity index (χ2n) is 10.2. The van der Waals surface area contributed by atoms with Gasteiger partial charge in [0, 0.05) is 24.4 Å². The number of carbonyl (C=O) groups is 2. The first-order valence-corrected chi connectivity index (χ1v) is 12.3. The predicted octanol–water partition coefficient (Wildman–Crippen LogP) is 4.08. The van der Waals surface area contributed by atoms with Crippen molar-refractivity contribution in [3.8, 4) is 11.5 Å². The topological polar surface area (TPSA) is 59.1 Å². The summed E-state index contributed by atoms with van der Waals surface area (Å²) in [6.07, 6.45) is 4.73. The first kappa shape index (κ1) is 22.8. The normalized spacial score (nSPS) is 29.6. The van der Waals surface area contributed by atoms with Gasteiger partial charge in [0.15, 0.2) is 6.61 Å². The number of piperidine rings is 1. The molecule has 5 atom stereocenters. The molecule has 2 aromatic rings. The van der Waals surface area contributed by atoms with E-state index in [1.165, 1.54) is 5.56 Å². The van der Waals surface area contributed by atoms with E-state index in [4.69, 9.17) is 9.47 Å². The number of methoxy groups -OCH3 is 1. The molecule has 0 N–H and O–H groups in total. The van der Waals surface area contributed by atoms with E-state index in [0.717, 1.165) is 37.9 Å². The Balaban J connectivity index is 1.46. The molecule has 5 rings (SSSR count). The van der Waals surface area contributed by atoms with Crippen LogP contribution in [0.25, 0.3) is 0 Å². The zero-order valence-corrected chi connectivity index (χ0v) is 20.3. The number of hydrogen-bond acceptors (Lipinski definition) is 4. The summed E-state index contributed by atoms with van der Waals surface area (Å²) < 4.78 is 11.1. The Labute approximate surface area is 201 Å². The second-order valence-corrected chi connectivity index (χ2v) is 10.2. The highest BCUT2D eigenvalue weighted by atomic mass is 16.5. The third kappa shape index (κ3) is 3.83. The Morgan fingerprint density at radius 1 is 0.971 bits per heavy atom. The maximum Gasteiger partial charge on any atom is 0.261 e. The standard InChI is InChI=1S/C28H34N2O4/c1-19(31)29-24-17-28(2)25(29)10-7-11-26(28)30(23(24)16-20-8-5-4-6-9-20)27(32)18-34-22-14-12-21(33-3)13-15-22/h4-6,8-9,12-15,23-26H,7,10-11,16-18H2,1-3H3/t23-,24-,25-,26+,28-/m0/s1. The van der Waals surface area contributed by atoms with Crippen LogP contribution in [0.4, 0.5) is 0 Å². The summed E-state index contributed by atoms with van der Waals surface area (Å²) in [6, 6.07) is 17.9. The Morgan fingerprint density at radius 2 is 1.62 bits per heavy atom. The highest BCUT2D eigenvalue weighted by molar-refractivity contribution is 5.80. The summed E-state index contributed by atoms with van der Waals surface area (Å²) >= 11 is 0. The lowest BCUT2D eigenvalue weighted by molar-refractivity contribution is -0.147. The number of hydrogen-bond donors (Lipinski definition) is 0. The fourth-order valence-corrected chi connectivity index (χ4v) is 6.88. The molecular weight excluding hydrogens is 428 g/mol. The zero-order valence-electron chi connectivity index (χ0n) is 20.3. The number of likely N-dealkylation sites (tertiary alicyclic amines) is 2. The van der Waals surface area contributed by atoms with Crippen LogP contribution in [-0.2, 0) is 16.0 Å². The van der Waals surface area contributed by atoms with Gasteiger partial charge in [-0.2, -0.15) is 0 Å². The van der Waals surface area contributed by atoms with E-state index in [0.29, 0.717) is 5.75 Å². The molecule has 2 amide bonds. The van der Waals surface area contributed by atoms with Gasteiger partial charge < -0.3 is 19.3 Å². The van der Waals surface area contributed by atoms with E-state index < -0.39 is 0 Å². The number of benzene rings is 2. The van der Waals surface area contributed by atoms with Gasteiger partial charge in [-0.1, -0.05) is 37.3 Å². The maximum atomic E-state index is 13.8. The smallest absolute Gasteiger partial charge is 0.261 e.